The minimum atomic E-state index is -0.0829. The molecule has 0 unspecified atom stereocenters. The van der Waals surface area contributed by atoms with Crippen LogP contribution in [0.25, 0.3) is 6.08 Å². The van der Waals surface area contributed by atoms with Crippen molar-refractivity contribution in [2.24, 2.45) is 0 Å². The predicted molar refractivity (Wildman–Crippen MR) is 90.0 cm³/mol. The molecule has 108 valence electrons. The molecule has 2 aromatic rings. The largest absolute Gasteiger partial charge is 0.289 e. The molecule has 0 atom stereocenters. The number of allylic oxidation sites excluding steroid dienone is 1. The van der Waals surface area contributed by atoms with Gasteiger partial charge in [-0.15, -0.1) is 0 Å². The first-order chi connectivity index (χ1) is 9.88. The zero-order valence-corrected chi connectivity index (χ0v) is 13.3. The van der Waals surface area contributed by atoms with Gasteiger partial charge in [-0.1, -0.05) is 74.8 Å². The molecule has 0 fully saturated rings. The van der Waals surface area contributed by atoms with Gasteiger partial charge in [0.15, 0.2) is 5.78 Å². The highest BCUT2D eigenvalue weighted by Gasteiger charge is 2.12. The molecule has 0 saturated heterocycles. The minimum absolute atomic E-state index is 0.0829. The summed E-state index contributed by atoms with van der Waals surface area (Å²) in [6.07, 6.45) is 3.38. The van der Waals surface area contributed by atoms with Crippen molar-refractivity contribution in [1.82, 2.24) is 0 Å². The second-order valence-electron chi connectivity index (χ2n) is 6.05. The van der Waals surface area contributed by atoms with Crippen molar-refractivity contribution in [1.29, 1.82) is 0 Å². The molecule has 0 saturated carbocycles. The molecular weight excluding hydrogens is 280 g/mol. The van der Waals surface area contributed by atoms with Gasteiger partial charge in [-0.3, -0.25) is 4.79 Å². The van der Waals surface area contributed by atoms with Crippen molar-refractivity contribution >= 4 is 23.5 Å². The Kier molecular flexibility index (Phi) is 4.64. The van der Waals surface area contributed by atoms with E-state index < -0.39 is 0 Å². The minimum Gasteiger partial charge on any atom is -0.289 e. The van der Waals surface area contributed by atoms with Crippen LogP contribution in [0.4, 0.5) is 0 Å². The lowest BCUT2D eigenvalue weighted by Gasteiger charge is -2.18. The third-order valence-electron chi connectivity index (χ3n) is 3.34. The Morgan fingerprint density at radius 1 is 1.00 bits per heavy atom. The van der Waals surface area contributed by atoms with Gasteiger partial charge in [-0.05, 0) is 34.8 Å². The quantitative estimate of drug-likeness (QED) is 0.537. The first kappa shape index (κ1) is 15.5. The lowest BCUT2D eigenvalue weighted by molar-refractivity contribution is 0.104. The highest BCUT2D eigenvalue weighted by molar-refractivity contribution is 6.34. The standard InChI is InChI=1S/C19H19ClO/c1-19(2,3)15-11-8-14(9-12-15)10-13-18(21)16-6-4-5-7-17(16)20/h4-13H,1-3H3/b13-10+. The average Bonchev–Trinajstić information content (AvgIpc) is 2.45. The first-order valence-corrected chi connectivity index (χ1v) is 7.33. The maximum Gasteiger partial charge on any atom is 0.187 e. The van der Waals surface area contributed by atoms with E-state index in [1.807, 2.05) is 30.3 Å². The van der Waals surface area contributed by atoms with Gasteiger partial charge >= 0.3 is 0 Å². The van der Waals surface area contributed by atoms with E-state index in [1.165, 1.54) is 5.56 Å². The van der Waals surface area contributed by atoms with Crippen LogP contribution in [0.1, 0.15) is 42.3 Å². The van der Waals surface area contributed by atoms with Crippen molar-refractivity contribution in [2.45, 2.75) is 26.2 Å². The first-order valence-electron chi connectivity index (χ1n) is 6.95. The van der Waals surface area contributed by atoms with Gasteiger partial charge in [0.05, 0.1) is 5.02 Å². The third kappa shape index (κ3) is 4.05. The molecule has 0 amide bonds. The number of carbonyl (C=O) groups excluding carboxylic acids is 1. The summed E-state index contributed by atoms with van der Waals surface area (Å²) < 4.78 is 0. The molecular formula is C19H19ClO. The van der Waals surface area contributed by atoms with E-state index in [2.05, 4.69) is 32.9 Å². The summed E-state index contributed by atoms with van der Waals surface area (Å²) in [5.74, 6) is -0.0829. The van der Waals surface area contributed by atoms with E-state index in [4.69, 9.17) is 11.6 Å². The Morgan fingerprint density at radius 3 is 2.19 bits per heavy atom. The SMILES string of the molecule is CC(C)(C)c1ccc(/C=C/C(=O)c2ccccc2Cl)cc1. The Labute approximate surface area is 131 Å². The van der Waals surface area contributed by atoms with Crippen LogP contribution in [0.2, 0.25) is 5.02 Å². The molecule has 21 heavy (non-hydrogen) atoms. The van der Waals surface area contributed by atoms with E-state index in [9.17, 15) is 4.79 Å². The molecule has 0 aliphatic heterocycles. The van der Waals surface area contributed by atoms with Crippen molar-refractivity contribution < 1.29 is 4.79 Å². The molecule has 0 radical (unpaired) electrons. The molecule has 2 heteroatoms. The number of ketones is 1. The van der Waals surface area contributed by atoms with Crippen LogP contribution in [0.5, 0.6) is 0 Å². The van der Waals surface area contributed by atoms with Gasteiger partial charge in [-0.2, -0.15) is 0 Å². The van der Waals surface area contributed by atoms with E-state index in [-0.39, 0.29) is 11.2 Å². The van der Waals surface area contributed by atoms with E-state index >= 15 is 0 Å². The summed E-state index contributed by atoms with van der Waals surface area (Å²) in [6.45, 7) is 6.54. The van der Waals surface area contributed by atoms with Gasteiger partial charge in [-0.25, -0.2) is 0 Å². The summed E-state index contributed by atoms with van der Waals surface area (Å²) in [5, 5.41) is 0.482. The normalized spacial score (nSPS) is 11.8. The van der Waals surface area contributed by atoms with Gasteiger partial charge in [0.1, 0.15) is 0 Å². The molecule has 0 heterocycles. The third-order valence-corrected chi connectivity index (χ3v) is 3.67. The Morgan fingerprint density at radius 2 is 1.62 bits per heavy atom. The second-order valence-corrected chi connectivity index (χ2v) is 6.46. The van der Waals surface area contributed by atoms with Gasteiger partial charge in [0.2, 0.25) is 0 Å². The smallest absolute Gasteiger partial charge is 0.187 e. The fourth-order valence-electron chi connectivity index (χ4n) is 2.02. The summed E-state index contributed by atoms with van der Waals surface area (Å²) in [6, 6.07) is 15.3. The zero-order chi connectivity index (χ0) is 15.5. The van der Waals surface area contributed by atoms with Crippen molar-refractivity contribution in [3.8, 4) is 0 Å². The Hall–Kier alpha value is -1.86. The highest BCUT2D eigenvalue weighted by atomic mass is 35.5. The summed E-state index contributed by atoms with van der Waals surface area (Å²) >= 11 is 6.02. The van der Waals surface area contributed by atoms with E-state index in [1.54, 1.807) is 18.2 Å². The lowest BCUT2D eigenvalue weighted by Crippen LogP contribution is -2.10. The Bertz CT molecular complexity index is 661. The number of halogens is 1. The van der Waals surface area contributed by atoms with Crippen molar-refractivity contribution in [3.63, 3.8) is 0 Å². The fraction of sp³-hybridized carbons (Fsp3) is 0.211. The maximum atomic E-state index is 12.1. The summed E-state index contributed by atoms with van der Waals surface area (Å²) in [7, 11) is 0. The average molecular weight is 299 g/mol. The van der Waals surface area contributed by atoms with Crippen LogP contribution in [0, 0.1) is 0 Å². The van der Waals surface area contributed by atoms with Crippen LogP contribution < -0.4 is 0 Å². The van der Waals surface area contributed by atoms with Gasteiger partial charge < -0.3 is 0 Å². The topological polar surface area (TPSA) is 17.1 Å². The molecule has 0 aromatic heterocycles. The predicted octanol–water partition coefficient (Wildman–Crippen LogP) is 5.53. The number of rotatable bonds is 3. The second kappa shape index (κ2) is 6.28. The molecule has 0 spiro atoms. The number of benzene rings is 2. The monoisotopic (exact) mass is 298 g/mol. The molecule has 1 nitrogen and oxygen atoms in total. The molecule has 2 rings (SSSR count). The molecule has 0 aliphatic carbocycles. The van der Waals surface area contributed by atoms with Crippen LogP contribution in [0.15, 0.2) is 54.6 Å². The molecule has 2 aromatic carbocycles. The highest BCUT2D eigenvalue weighted by Crippen LogP contribution is 2.22. The van der Waals surface area contributed by atoms with E-state index in [0.29, 0.717) is 10.6 Å². The van der Waals surface area contributed by atoms with Crippen LogP contribution in [-0.4, -0.2) is 5.78 Å². The molecule has 0 N–H and O–H groups in total. The van der Waals surface area contributed by atoms with Crippen LogP contribution >= 0.6 is 11.6 Å². The van der Waals surface area contributed by atoms with Crippen LogP contribution in [-0.2, 0) is 5.41 Å². The number of hydrogen-bond acceptors (Lipinski definition) is 1. The molecule has 0 aliphatic rings. The summed E-state index contributed by atoms with van der Waals surface area (Å²) in [5.41, 5.74) is 2.94. The summed E-state index contributed by atoms with van der Waals surface area (Å²) in [4.78, 5) is 12.1. The lowest BCUT2D eigenvalue weighted by atomic mass is 9.87. The van der Waals surface area contributed by atoms with Gasteiger partial charge in [0.25, 0.3) is 0 Å². The Balaban J connectivity index is 2.15. The fourth-order valence-corrected chi connectivity index (χ4v) is 2.25. The van der Waals surface area contributed by atoms with E-state index in [0.717, 1.165) is 5.56 Å². The maximum absolute atomic E-state index is 12.1. The molecule has 0 bridgehead atoms. The van der Waals surface area contributed by atoms with Gasteiger partial charge in [0, 0.05) is 5.56 Å². The van der Waals surface area contributed by atoms with Crippen molar-refractivity contribution in [2.75, 3.05) is 0 Å². The van der Waals surface area contributed by atoms with Crippen LogP contribution in [0.3, 0.4) is 0 Å². The van der Waals surface area contributed by atoms with Crippen molar-refractivity contribution in [3.05, 3.63) is 76.3 Å². The number of carbonyl (C=O) groups is 1. The number of hydrogen-bond donors (Lipinski definition) is 0. The zero-order valence-electron chi connectivity index (χ0n) is 12.6.